The molecule has 0 bridgehead atoms. The van der Waals surface area contributed by atoms with E-state index >= 15 is 4.39 Å². The van der Waals surface area contributed by atoms with E-state index in [0.717, 1.165) is 31.2 Å². The summed E-state index contributed by atoms with van der Waals surface area (Å²) >= 11 is 0. The van der Waals surface area contributed by atoms with Crippen LogP contribution in [0.25, 0.3) is 22.3 Å². The quantitative estimate of drug-likeness (QED) is 0.0687. The average Bonchev–Trinajstić information content (AvgIpc) is 3.08. The molecule has 3 aromatic carbocycles. The SMILES string of the molecule is C=C(C)C(=O)Oc1ccc(-c2cc(-c3ccc(C4CCCCC4)cc3F)cc(OC(=O)C(=C)C)c2OCCCCO)cc1OCCCO. The van der Waals surface area contributed by atoms with Crippen molar-refractivity contribution in [1.82, 2.24) is 0 Å². The molecule has 256 valence electrons. The van der Waals surface area contributed by atoms with Crippen molar-refractivity contribution in [2.45, 2.75) is 71.1 Å². The fourth-order valence-electron chi connectivity index (χ4n) is 5.53. The van der Waals surface area contributed by atoms with E-state index in [9.17, 15) is 19.8 Å². The predicted octanol–water partition coefficient (Wildman–Crippen LogP) is 8.08. The number of esters is 2. The van der Waals surface area contributed by atoms with Crippen LogP contribution in [0, 0.1) is 5.82 Å². The van der Waals surface area contributed by atoms with E-state index < -0.39 is 17.8 Å². The molecule has 8 nitrogen and oxygen atoms in total. The average molecular weight is 661 g/mol. The van der Waals surface area contributed by atoms with Crippen LogP contribution in [0.15, 0.2) is 72.8 Å². The van der Waals surface area contributed by atoms with Crippen LogP contribution in [0.4, 0.5) is 4.39 Å². The Kier molecular flexibility index (Phi) is 13.3. The molecule has 2 N–H and O–H groups in total. The van der Waals surface area contributed by atoms with Crippen molar-refractivity contribution in [3.8, 4) is 45.3 Å². The smallest absolute Gasteiger partial charge is 0.338 e. The number of aliphatic hydroxyl groups is 2. The molecule has 0 aliphatic heterocycles. The molecule has 0 heterocycles. The number of benzene rings is 3. The van der Waals surface area contributed by atoms with Gasteiger partial charge in [0.05, 0.1) is 13.2 Å². The summed E-state index contributed by atoms with van der Waals surface area (Å²) in [5.74, 6) is -0.740. The fraction of sp³-hybridized carbons (Fsp3) is 0.385. The molecular weight excluding hydrogens is 615 g/mol. The zero-order valence-electron chi connectivity index (χ0n) is 27.8. The maximum atomic E-state index is 15.9. The van der Waals surface area contributed by atoms with Gasteiger partial charge in [0.2, 0.25) is 0 Å². The van der Waals surface area contributed by atoms with Gasteiger partial charge in [-0.15, -0.1) is 0 Å². The van der Waals surface area contributed by atoms with Gasteiger partial charge >= 0.3 is 11.9 Å². The Balaban J connectivity index is 1.89. The van der Waals surface area contributed by atoms with Crippen LogP contribution >= 0.6 is 0 Å². The second-order valence-electron chi connectivity index (χ2n) is 12.1. The molecule has 9 heteroatoms. The van der Waals surface area contributed by atoms with Gasteiger partial charge < -0.3 is 29.2 Å². The number of halogens is 1. The molecule has 1 aliphatic carbocycles. The van der Waals surface area contributed by atoms with Gasteiger partial charge in [0, 0.05) is 41.9 Å². The fourth-order valence-corrected chi connectivity index (χ4v) is 5.53. The lowest BCUT2D eigenvalue weighted by atomic mass is 9.83. The number of rotatable bonds is 16. The minimum Gasteiger partial charge on any atom is -0.490 e. The maximum absolute atomic E-state index is 15.9. The summed E-state index contributed by atoms with van der Waals surface area (Å²) in [6.45, 7) is 10.6. The third-order valence-corrected chi connectivity index (χ3v) is 8.15. The van der Waals surface area contributed by atoms with Crippen LogP contribution in [0.2, 0.25) is 0 Å². The van der Waals surface area contributed by atoms with Crippen molar-refractivity contribution in [3.05, 3.63) is 84.2 Å². The van der Waals surface area contributed by atoms with E-state index in [-0.39, 0.29) is 60.6 Å². The summed E-state index contributed by atoms with van der Waals surface area (Å²) in [7, 11) is 0. The molecule has 1 fully saturated rings. The van der Waals surface area contributed by atoms with E-state index in [2.05, 4.69) is 13.2 Å². The molecule has 0 amide bonds. The molecule has 0 saturated heterocycles. The number of unbranched alkanes of at least 4 members (excludes halogenated alkanes) is 1. The lowest BCUT2D eigenvalue weighted by Crippen LogP contribution is -2.11. The van der Waals surface area contributed by atoms with Gasteiger partial charge in [-0.05, 0) is 92.5 Å². The first-order valence-electron chi connectivity index (χ1n) is 16.5. The molecule has 0 aromatic heterocycles. The number of aliphatic hydroxyl groups excluding tert-OH is 2. The molecule has 1 aliphatic rings. The third-order valence-electron chi connectivity index (χ3n) is 8.15. The van der Waals surface area contributed by atoms with Crippen LogP contribution in [-0.2, 0) is 9.59 Å². The first kappa shape index (κ1) is 36.4. The standard InChI is InChI=1S/C39H45FO8/c1-25(2)38(43)47-34-16-14-29(23-35(34)45-20-10-18-42)32-21-30(31-15-13-28(22-33(31)40)27-11-6-5-7-12-27)24-36(48-39(44)26(3)4)37(32)46-19-9-8-17-41/h13-16,21-24,27,41-42H,1,3,5-12,17-20H2,2,4H3. The normalized spacial score (nSPS) is 13.1. The van der Waals surface area contributed by atoms with Gasteiger partial charge in [0.1, 0.15) is 5.82 Å². The number of ether oxygens (including phenoxy) is 4. The number of carbonyl (C=O) groups is 2. The lowest BCUT2D eigenvalue weighted by Gasteiger charge is -2.23. The molecule has 0 spiro atoms. The van der Waals surface area contributed by atoms with Crippen LogP contribution in [0.3, 0.4) is 0 Å². The molecule has 0 unspecified atom stereocenters. The van der Waals surface area contributed by atoms with Crippen molar-refractivity contribution in [1.29, 1.82) is 0 Å². The Morgan fingerprint density at radius 3 is 2.02 bits per heavy atom. The van der Waals surface area contributed by atoms with E-state index in [0.29, 0.717) is 47.4 Å². The minimum absolute atomic E-state index is 0.0122. The first-order chi connectivity index (χ1) is 23.1. The zero-order valence-corrected chi connectivity index (χ0v) is 27.8. The summed E-state index contributed by atoms with van der Waals surface area (Å²) < 4.78 is 39.4. The van der Waals surface area contributed by atoms with Crippen molar-refractivity contribution >= 4 is 11.9 Å². The first-order valence-corrected chi connectivity index (χ1v) is 16.5. The van der Waals surface area contributed by atoms with Gasteiger partial charge in [-0.3, -0.25) is 0 Å². The van der Waals surface area contributed by atoms with Crippen LogP contribution in [0.5, 0.6) is 23.0 Å². The number of hydrogen-bond donors (Lipinski definition) is 2. The molecule has 1 saturated carbocycles. The molecule has 0 radical (unpaired) electrons. The highest BCUT2D eigenvalue weighted by atomic mass is 19.1. The zero-order chi connectivity index (χ0) is 34.6. The van der Waals surface area contributed by atoms with Crippen molar-refractivity contribution in [3.63, 3.8) is 0 Å². The monoisotopic (exact) mass is 660 g/mol. The lowest BCUT2D eigenvalue weighted by molar-refractivity contribution is -0.131. The van der Waals surface area contributed by atoms with Crippen LogP contribution in [0.1, 0.15) is 76.7 Å². The largest absolute Gasteiger partial charge is 0.490 e. The molecule has 48 heavy (non-hydrogen) atoms. The van der Waals surface area contributed by atoms with Gasteiger partial charge in [0.25, 0.3) is 0 Å². The summed E-state index contributed by atoms with van der Waals surface area (Å²) in [6, 6.07) is 13.5. The maximum Gasteiger partial charge on any atom is 0.338 e. The topological polar surface area (TPSA) is 112 Å². The second-order valence-corrected chi connectivity index (χ2v) is 12.1. The summed E-state index contributed by atoms with van der Waals surface area (Å²) in [5, 5.41) is 18.7. The summed E-state index contributed by atoms with van der Waals surface area (Å²) in [4.78, 5) is 25.2. The Labute approximate surface area is 281 Å². The van der Waals surface area contributed by atoms with Gasteiger partial charge in [-0.2, -0.15) is 0 Å². The Bertz CT molecular complexity index is 1620. The van der Waals surface area contributed by atoms with Crippen LogP contribution < -0.4 is 18.9 Å². The Morgan fingerprint density at radius 2 is 1.38 bits per heavy atom. The van der Waals surface area contributed by atoms with Crippen molar-refractivity contribution < 1.29 is 43.1 Å². The highest BCUT2D eigenvalue weighted by molar-refractivity contribution is 5.91. The van der Waals surface area contributed by atoms with Gasteiger partial charge in [-0.1, -0.05) is 50.6 Å². The highest BCUT2D eigenvalue weighted by Crippen LogP contribution is 2.45. The van der Waals surface area contributed by atoms with E-state index in [1.807, 2.05) is 6.07 Å². The summed E-state index contributed by atoms with van der Waals surface area (Å²) in [6.07, 6.45) is 6.89. The second kappa shape index (κ2) is 17.6. The number of carbonyl (C=O) groups excluding carboxylic acids is 2. The predicted molar refractivity (Wildman–Crippen MR) is 183 cm³/mol. The third kappa shape index (κ3) is 9.55. The van der Waals surface area contributed by atoms with Gasteiger partial charge in [0.15, 0.2) is 23.0 Å². The molecule has 4 rings (SSSR count). The van der Waals surface area contributed by atoms with E-state index in [1.54, 1.807) is 42.5 Å². The van der Waals surface area contributed by atoms with E-state index in [1.165, 1.54) is 20.3 Å². The Morgan fingerprint density at radius 1 is 0.729 bits per heavy atom. The minimum atomic E-state index is -0.679. The van der Waals surface area contributed by atoms with Crippen molar-refractivity contribution in [2.24, 2.45) is 0 Å². The van der Waals surface area contributed by atoms with Gasteiger partial charge in [-0.25, -0.2) is 14.0 Å². The molecule has 0 atom stereocenters. The Hall–Kier alpha value is -4.47. The van der Waals surface area contributed by atoms with Crippen molar-refractivity contribution in [2.75, 3.05) is 26.4 Å². The van der Waals surface area contributed by atoms with Crippen LogP contribution in [-0.4, -0.2) is 48.6 Å². The summed E-state index contributed by atoms with van der Waals surface area (Å²) in [5.41, 5.74) is 3.11. The number of hydrogen-bond acceptors (Lipinski definition) is 8. The van der Waals surface area contributed by atoms with E-state index in [4.69, 9.17) is 18.9 Å². The highest BCUT2D eigenvalue weighted by Gasteiger charge is 2.23. The molecular formula is C39H45FO8. The molecule has 3 aromatic rings.